The molecule has 0 unspecified atom stereocenters. The van der Waals surface area contributed by atoms with Crippen molar-refractivity contribution >= 4 is 33.7 Å². The fourth-order valence-electron chi connectivity index (χ4n) is 1.43. The SMILES string of the molecule is CCOC(=O)CSc1nccc(-c2cccc(Br)n2)n1. The number of hydrogen-bond donors (Lipinski definition) is 0. The Morgan fingerprint density at radius 1 is 1.30 bits per heavy atom. The van der Waals surface area contributed by atoms with Crippen molar-refractivity contribution in [2.24, 2.45) is 0 Å². The summed E-state index contributed by atoms with van der Waals surface area (Å²) in [6.45, 7) is 2.15. The molecule has 2 rings (SSSR count). The third kappa shape index (κ3) is 4.28. The third-order valence-electron chi connectivity index (χ3n) is 2.24. The van der Waals surface area contributed by atoms with Crippen molar-refractivity contribution in [3.05, 3.63) is 35.1 Å². The second-order valence-corrected chi connectivity index (χ2v) is 5.42. The Morgan fingerprint density at radius 2 is 2.10 bits per heavy atom. The molecule has 2 aromatic heterocycles. The minimum absolute atomic E-state index is 0.198. The van der Waals surface area contributed by atoms with E-state index >= 15 is 0 Å². The quantitative estimate of drug-likeness (QED) is 0.356. The summed E-state index contributed by atoms with van der Waals surface area (Å²) < 4.78 is 5.61. The molecule has 0 radical (unpaired) electrons. The molecular formula is C13H12BrN3O2S. The van der Waals surface area contributed by atoms with E-state index in [0.29, 0.717) is 17.5 Å². The Balaban J connectivity index is 2.10. The highest BCUT2D eigenvalue weighted by Gasteiger charge is 2.08. The van der Waals surface area contributed by atoms with Gasteiger partial charge in [-0.1, -0.05) is 17.8 Å². The van der Waals surface area contributed by atoms with Gasteiger partial charge in [0.15, 0.2) is 5.16 Å². The average molecular weight is 354 g/mol. The number of ether oxygens (including phenoxy) is 1. The molecule has 0 saturated heterocycles. The van der Waals surface area contributed by atoms with Crippen LogP contribution in [0.25, 0.3) is 11.4 Å². The highest BCUT2D eigenvalue weighted by Crippen LogP contribution is 2.20. The van der Waals surface area contributed by atoms with Crippen LogP contribution in [0.5, 0.6) is 0 Å². The predicted molar refractivity (Wildman–Crippen MR) is 80.3 cm³/mol. The van der Waals surface area contributed by atoms with Gasteiger partial charge in [0.1, 0.15) is 4.60 Å². The lowest BCUT2D eigenvalue weighted by Crippen LogP contribution is -2.07. The van der Waals surface area contributed by atoms with Crippen LogP contribution >= 0.6 is 27.7 Å². The molecule has 0 aliphatic rings. The van der Waals surface area contributed by atoms with Gasteiger partial charge in [0.25, 0.3) is 0 Å². The molecule has 2 aromatic rings. The van der Waals surface area contributed by atoms with Gasteiger partial charge in [0, 0.05) is 6.20 Å². The Labute approximate surface area is 129 Å². The molecule has 0 fully saturated rings. The van der Waals surface area contributed by atoms with E-state index in [2.05, 4.69) is 30.9 Å². The number of pyridine rings is 1. The van der Waals surface area contributed by atoms with Crippen molar-refractivity contribution in [2.75, 3.05) is 12.4 Å². The molecular weight excluding hydrogens is 342 g/mol. The highest BCUT2D eigenvalue weighted by atomic mass is 79.9. The largest absolute Gasteiger partial charge is 0.465 e. The Morgan fingerprint density at radius 3 is 2.85 bits per heavy atom. The topological polar surface area (TPSA) is 65.0 Å². The summed E-state index contributed by atoms with van der Waals surface area (Å²) in [5.74, 6) is -0.0736. The van der Waals surface area contributed by atoms with Crippen LogP contribution in [0.15, 0.2) is 40.2 Å². The van der Waals surface area contributed by atoms with Gasteiger partial charge >= 0.3 is 5.97 Å². The molecule has 0 saturated carbocycles. The Hall–Kier alpha value is -1.47. The summed E-state index contributed by atoms with van der Waals surface area (Å²) in [6, 6.07) is 7.39. The van der Waals surface area contributed by atoms with E-state index < -0.39 is 0 Å². The summed E-state index contributed by atoms with van der Waals surface area (Å²) >= 11 is 4.57. The molecule has 0 aromatic carbocycles. The van der Waals surface area contributed by atoms with E-state index in [9.17, 15) is 4.79 Å². The van der Waals surface area contributed by atoms with Crippen LogP contribution in [0.4, 0.5) is 0 Å². The summed E-state index contributed by atoms with van der Waals surface area (Å²) in [4.78, 5) is 24.1. The molecule has 104 valence electrons. The summed E-state index contributed by atoms with van der Waals surface area (Å²) in [5.41, 5.74) is 1.47. The van der Waals surface area contributed by atoms with Gasteiger partial charge in [-0.05, 0) is 41.1 Å². The zero-order valence-electron chi connectivity index (χ0n) is 10.7. The predicted octanol–water partition coefficient (Wildman–Crippen LogP) is 2.96. The molecule has 0 bridgehead atoms. The van der Waals surface area contributed by atoms with Crippen LogP contribution in [0, 0.1) is 0 Å². The molecule has 0 aliphatic heterocycles. The van der Waals surface area contributed by atoms with Crippen molar-refractivity contribution in [3.63, 3.8) is 0 Å². The number of rotatable bonds is 5. The molecule has 2 heterocycles. The normalized spacial score (nSPS) is 10.3. The Bertz CT molecular complexity index is 610. The molecule has 0 spiro atoms. The van der Waals surface area contributed by atoms with Crippen LogP contribution in [-0.4, -0.2) is 33.3 Å². The van der Waals surface area contributed by atoms with Gasteiger partial charge in [-0.2, -0.15) is 0 Å². The maximum atomic E-state index is 11.3. The van der Waals surface area contributed by atoms with Gasteiger partial charge in [-0.3, -0.25) is 4.79 Å². The fraction of sp³-hybridized carbons (Fsp3) is 0.231. The summed E-state index contributed by atoms with van der Waals surface area (Å²) in [7, 11) is 0. The molecule has 0 aliphatic carbocycles. The van der Waals surface area contributed by atoms with Gasteiger partial charge in [-0.15, -0.1) is 0 Å². The van der Waals surface area contributed by atoms with Crippen LogP contribution in [0.2, 0.25) is 0 Å². The molecule has 0 amide bonds. The standard InChI is InChI=1S/C13H12BrN3O2S/c1-2-19-12(18)8-20-13-15-7-6-10(17-13)9-4-3-5-11(14)16-9/h3-7H,2,8H2,1H3. The first-order valence-electron chi connectivity index (χ1n) is 5.93. The number of carbonyl (C=O) groups is 1. The maximum absolute atomic E-state index is 11.3. The van der Waals surface area contributed by atoms with Crippen molar-refractivity contribution in [3.8, 4) is 11.4 Å². The van der Waals surface area contributed by atoms with E-state index in [1.165, 1.54) is 11.8 Å². The third-order valence-corrected chi connectivity index (χ3v) is 3.51. The van der Waals surface area contributed by atoms with Crippen LogP contribution in [0.1, 0.15) is 6.92 Å². The first-order chi connectivity index (χ1) is 9.69. The van der Waals surface area contributed by atoms with E-state index in [4.69, 9.17) is 4.74 Å². The number of halogens is 1. The molecule has 7 heteroatoms. The monoisotopic (exact) mass is 353 g/mol. The number of esters is 1. The van der Waals surface area contributed by atoms with E-state index in [-0.39, 0.29) is 11.7 Å². The van der Waals surface area contributed by atoms with Gasteiger partial charge < -0.3 is 4.74 Å². The minimum atomic E-state index is -0.271. The first-order valence-corrected chi connectivity index (χ1v) is 7.71. The van der Waals surface area contributed by atoms with Gasteiger partial charge in [-0.25, -0.2) is 15.0 Å². The zero-order valence-corrected chi connectivity index (χ0v) is 13.1. The molecule has 0 atom stereocenters. The van der Waals surface area contributed by atoms with Crippen molar-refractivity contribution in [2.45, 2.75) is 12.1 Å². The van der Waals surface area contributed by atoms with Crippen LogP contribution < -0.4 is 0 Å². The minimum Gasteiger partial charge on any atom is -0.465 e. The molecule has 0 N–H and O–H groups in total. The van der Waals surface area contributed by atoms with Crippen molar-refractivity contribution in [1.29, 1.82) is 0 Å². The maximum Gasteiger partial charge on any atom is 0.316 e. The number of hydrogen-bond acceptors (Lipinski definition) is 6. The number of nitrogens with zero attached hydrogens (tertiary/aromatic N) is 3. The zero-order chi connectivity index (χ0) is 14.4. The van der Waals surface area contributed by atoms with E-state index in [1.54, 1.807) is 19.2 Å². The van der Waals surface area contributed by atoms with Crippen LogP contribution in [-0.2, 0) is 9.53 Å². The second kappa shape index (κ2) is 7.35. The smallest absolute Gasteiger partial charge is 0.316 e. The molecule has 5 nitrogen and oxygen atoms in total. The highest BCUT2D eigenvalue weighted by molar-refractivity contribution is 9.10. The van der Waals surface area contributed by atoms with Crippen molar-refractivity contribution < 1.29 is 9.53 Å². The Kier molecular flexibility index (Phi) is 5.49. The van der Waals surface area contributed by atoms with Gasteiger partial charge in [0.2, 0.25) is 0 Å². The second-order valence-electron chi connectivity index (χ2n) is 3.66. The number of aromatic nitrogens is 3. The fourth-order valence-corrected chi connectivity index (χ4v) is 2.40. The lowest BCUT2D eigenvalue weighted by Gasteiger charge is -2.03. The first kappa shape index (κ1) is 14.9. The van der Waals surface area contributed by atoms with Crippen LogP contribution in [0.3, 0.4) is 0 Å². The summed E-state index contributed by atoms with van der Waals surface area (Å²) in [5, 5.41) is 0.525. The van der Waals surface area contributed by atoms with E-state index in [1.807, 2.05) is 18.2 Å². The van der Waals surface area contributed by atoms with Crippen molar-refractivity contribution in [1.82, 2.24) is 15.0 Å². The number of carbonyl (C=O) groups excluding carboxylic acids is 1. The number of thioether (sulfide) groups is 1. The lowest BCUT2D eigenvalue weighted by atomic mass is 10.3. The lowest BCUT2D eigenvalue weighted by molar-refractivity contribution is -0.139. The average Bonchev–Trinajstić information content (AvgIpc) is 2.46. The summed E-state index contributed by atoms with van der Waals surface area (Å²) in [6.07, 6.45) is 1.65. The van der Waals surface area contributed by atoms with E-state index in [0.717, 1.165) is 10.3 Å². The molecule has 20 heavy (non-hydrogen) atoms. The van der Waals surface area contributed by atoms with Gasteiger partial charge in [0.05, 0.1) is 23.7 Å².